The molecule has 2 heterocycles. The topological polar surface area (TPSA) is 24.9 Å². The Labute approximate surface area is 235 Å². The van der Waals surface area contributed by atoms with Crippen molar-refractivity contribution in [2.75, 3.05) is 6.54 Å². The maximum Gasteiger partial charge on any atom is 0.0702 e. The van der Waals surface area contributed by atoms with Crippen molar-refractivity contribution in [2.45, 2.75) is 13.8 Å². The van der Waals surface area contributed by atoms with Gasteiger partial charge in [0.1, 0.15) is 0 Å². The fourth-order valence-electron chi connectivity index (χ4n) is 5.92. The summed E-state index contributed by atoms with van der Waals surface area (Å²) in [5.74, 6) is 0. The number of nitrogens with one attached hydrogen (secondary N) is 1. The second kappa shape index (κ2) is 9.98. The highest BCUT2D eigenvalue weighted by Gasteiger charge is 2.17. The van der Waals surface area contributed by atoms with Gasteiger partial charge < -0.3 is 5.32 Å². The van der Waals surface area contributed by atoms with Crippen molar-refractivity contribution in [1.29, 1.82) is 0 Å². The zero-order valence-corrected chi connectivity index (χ0v) is 22.8. The van der Waals surface area contributed by atoms with Crippen molar-refractivity contribution in [2.24, 2.45) is 0 Å². The zero-order chi connectivity index (χ0) is 27.1. The molecule has 7 rings (SSSR count). The van der Waals surface area contributed by atoms with E-state index >= 15 is 0 Å². The summed E-state index contributed by atoms with van der Waals surface area (Å²) >= 11 is 0. The summed E-state index contributed by atoms with van der Waals surface area (Å²) in [5, 5.41) is 8.42. The van der Waals surface area contributed by atoms with Crippen LogP contribution in [0.3, 0.4) is 0 Å². The Morgan fingerprint density at radius 1 is 0.575 bits per heavy atom. The third kappa shape index (κ3) is 4.28. The third-order valence-electron chi connectivity index (χ3n) is 7.87. The number of rotatable bonds is 4. The van der Waals surface area contributed by atoms with Crippen LogP contribution in [0.5, 0.6) is 0 Å². The molecule has 0 saturated carbocycles. The van der Waals surface area contributed by atoms with E-state index in [0.29, 0.717) is 0 Å². The molecule has 1 N–H and O–H groups in total. The van der Waals surface area contributed by atoms with Gasteiger partial charge in [-0.2, -0.15) is 0 Å². The molecular weight excluding hydrogens is 484 g/mol. The van der Waals surface area contributed by atoms with Gasteiger partial charge in [0.25, 0.3) is 0 Å². The summed E-state index contributed by atoms with van der Waals surface area (Å²) in [7, 11) is 0. The molecule has 0 atom stereocenters. The molecular formula is C38H30N2. The molecule has 0 fully saturated rings. The Balaban J connectivity index is 1.43. The van der Waals surface area contributed by atoms with Crippen molar-refractivity contribution in [3.63, 3.8) is 0 Å². The van der Waals surface area contributed by atoms with E-state index in [1.807, 2.05) is 6.20 Å². The van der Waals surface area contributed by atoms with E-state index in [4.69, 9.17) is 4.98 Å². The van der Waals surface area contributed by atoms with Gasteiger partial charge in [-0.3, -0.25) is 4.98 Å². The number of dihydropyridines is 1. The minimum Gasteiger partial charge on any atom is -0.385 e. The van der Waals surface area contributed by atoms with E-state index in [9.17, 15) is 0 Å². The van der Waals surface area contributed by atoms with Crippen LogP contribution < -0.4 is 5.32 Å². The first-order valence-electron chi connectivity index (χ1n) is 13.9. The molecule has 5 aromatic carbocycles. The van der Waals surface area contributed by atoms with Gasteiger partial charge in [-0.05, 0) is 92.6 Å². The van der Waals surface area contributed by atoms with E-state index in [2.05, 4.69) is 141 Å². The van der Waals surface area contributed by atoms with Crippen molar-refractivity contribution in [1.82, 2.24) is 10.3 Å². The average Bonchev–Trinajstić information content (AvgIpc) is 3.00. The van der Waals surface area contributed by atoms with Crippen LogP contribution in [0.15, 0.2) is 133 Å². The van der Waals surface area contributed by atoms with Gasteiger partial charge in [0, 0.05) is 24.0 Å². The Morgan fingerprint density at radius 3 is 1.77 bits per heavy atom. The summed E-state index contributed by atoms with van der Waals surface area (Å²) in [5.41, 5.74) is 12.0. The van der Waals surface area contributed by atoms with Crippen LogP contribution in [0, 0.1) is 6.92 Å². The molecule has 2 nitrogen and oxygen atoms in total. The summed E-state index contributed by atoms with van der Waals surface area (Å²) < 4.78 is 0. The number of pyridine rings is 1. The minimum atomic E-state index is 0.872. The molecule has 2 heteroatoms. The molecule has 40 heavy (non-hydrogen) atoms. The molecule has 1 aliphatic heterocycles. The molecule has 0 radical (unpaired) electrons. The lowest BCUT2D eigenvalue weighted by Gasteiger charge is -2.18. The maximum atomic E-state index is 4.70. The van der Waals surface area contributed by atoms with Crippen LogP contribution in [0.1, 0.15) is 18.1 Å². The molecule has 0 unspecified atom stereocenters. The quantitative estimate of drug-likeness (QED) is 0.237. The summed E-state index contributed by atoms with van der Waals surface area (Å²) in [6.45, 7) is 5.06. The van der Waals surface area contributed by atoms with Crippen LogP contribution in [0.2, 0.25) is 0 Å². The number of aromatic nitrogens is 1. The van der Waals surface area contributed by atoms with Gasteiger partial charge >= 0.3 is 0 Å². The lowest BCUT2D eigenvalue weighted by atomic mass is 9.85. The molecule has 0 spiro atoms. The largest absolute Gasteiger partial charge is 0.385 e. The molecule has 1 aromatic heterocycles. The number of benzene rings is 5. The molecule has 0 bridgehead atoms. The van der Waals surface area contributed by atoms with Crippen molar-refractivity contribution >= 4 is 27.1 Å². The summed E-state index contributed by atoms with van der Waals surface area (Å²) in [6.07, 6.45) is 6.41. The maximum absolute atomic E-state index is 4.70. The number of nitrogens with zero attached hydrogens (tertiary/aromatic N) is 1. The van der Waals surface area contributed by atoms with Crippen molar-refractivity contribution in [3.05, 3.63) is 144 Å². The fourth-order valence-corrected chi connectivity index (χ4v) is 5.92. The highest BCUT2D eigenvalue weighted by molar-refractivity contribution is 6.21. The van der Waals surface area contributed by atoms with Crippen LogP contribution in [0.4, 0.5) is 0 Å². The lowest BCUT2D eigenvalue weighted by Crippen LogP contribution is -2.14. The predicted octanol–water partition coefficient (Wildman–Crippen LogP) is 9.59. The fraction of sp³-hybridized carbons (Fsp3) is 0.0789. The SMILES string of the molecule is CC1=CC(c2ccc(-c3c4ccccc4c(-c4cccc(-c5ccc(C)cn5)c4)c4ccccc34)cc2)=CCN1. The van der Waals surface area contributed by atoms with Crippen LogP contribution >= 0.6 is 0 Å². The van der Waals surface area contributed by atoms with Gasteiger partial charge in [0.05, 0.1) is 5.69 Å². The van der Waals surface area contributed by atoms with Gasteiger partial charge in [-0.15, -0.1) is 0 Å². The van der Waals surface area contributed by atoms with Gasteiger partial charge in [-0.1, -0.05) is 103 Å². The molecule has 0 saturated heterocycles. The van der Waals surface area contributed by atoms with Crippen LogP contribution in [-0.4, -0.2) is 11.5 Å². The monoisotopic (exact) mass is 514 g/mol. The second-order valence-corrected chi connectivity index (χ2v) is 10.6. The minimum absolute atomic E-state index is 0.872. The van der Waals surface area contributed by atoms with E-state index in [1.165, 1.54) is 66.2 Å². The highest BCUT2D eigenvalue weighted by Crippen LogP contribution is 2.44. The van der Waals surface area contributed by atoms with Crippen LogP contribution in [0.25, 0.3) is 60.6 Å². The van der Waals surface area contributed by atoms with Crippen LogP contribution in [-0.2, 0) is 0 Å². The normalized spacial score (nSPS) is 13.2. The smallest absolute Gasteiger partial charge is 0.0702 e. The van der Waals surface area contributed by atoms with Gasteiger partial charge in [-0.25, -0.2) is 0 Å². The van der Waals surface area contributed by atoms with E-state index in [1.54, 1.807) is 0 Å². The standard InChI is InChI=1S/C38H30N2/c1-25-14-19-36(40-24-25)30-8-7-9-31(23-30)38-34-12-5-3-10-32(34)37(33-11-4-6-13-35(33)38)28-17-15-27(16-18-28)29-20-21-39-26(2)22-29/h3-20,22-24,39H,21H2,1-2H3. The first kappa shape index (κ1) is 24.1. The number of hydrogen-bond donors (Lipinski definition) is 1. The number of allylic oxidation sites excluding steroid dienone is 3. The van der Waals surface area contributed by atoms with E-state index < -0.39 is 0 Å². The Morgan fingerprint density at radius 2 is 1.18 bits per heavy atom. The lowest BCUT2D eigenvalue weighted by molar-refractivity contribution is 0.895. The molecule has 0 aliphatic carbocycles. The third-order valence-corrected chi connectivity index (χ3v) is 7.87. The summed E-state index contributed by atoms with van der Waals surface area (Å²) in [4.78, 5) is 4.70. The van der Waals surface area contributed by atoms with Crippen molar-refractivity contribution < 1.29 is 0 Å². The van der Waals surface area contributed by atoms with Gasteiger partial charge in [0.2, 0.25) is 0 Å². The van der Waals surface area contributed by atoms with E-state index in [-0.39, 0.29) is 0 Å². The first-order valence-corrected chi connectivity index (χ1v) is 13.9. The zero-order valence-electron chi connectivity index (χ0n) is 22.8. The van der Waals surface area contributed by atoms with E-state index in [0.717, 1.165) is 17.8 Å². The summed E-state index contributed by atoms with van der Waals surface area (Å²) in [6, 6.07) is 39.8. The average molecular weight is 515 g/mol. The Bertz CT molecular complexity index is 1880. The highest BCUT2D eigenvalue weighted by atomic mass is 14.9. The molecule has 192 valence electrons. The number of hydrogen-bond acceptors (Lipinski definition) is 2. The first-order chi connectivity index (χ1) is 19.7. The predicted molar refractivity (Wildman–Crippen MR) is 170 cm³/mol. The molecule has 6 aromatic rings. The van der Waals surface area contributed by atoms with Gasteiger partial charge in [0.15, 0.2) is 0 Å². The number of aryl methyl sites for hydroxylation is 1. The number of fused-ring (bicyclic) bond motifs is 2. The molecule has 0 amide bonds. The Kier molecular flexibility index (Phi) is 6.02. The van der Waals surface area contributed by atoms with Crippen molar-refractivity contribution in [3.8, 4) is 33.5 Å². The Hall–Kier alpha value is -4.95. The second-order valence-electron chi connectivity index (χ2n) is 10.6. The molecule has 1 aliphatic rings.